The summed E-state index contributed by atoms with van der Waals surface area (Å²) < 4.78 is 1.00. The van der Waals surface area contributed by atoms with E-state index in [0.29, 0.717) is 0 Å². The van der Waals surface area contributed by atoms with Gasteiger partial charge in [0.2, 0.25) is 0 Å². The van der Waals surface area contributed by atoms with E-state index in [9.17, 15) is 0 Å². The topological polar surface area (TPSA) is 26.0 Å². The molecule has 2 rings (SSSR count). The van der Waals surface area contributed by atoms with Crippen LogP contribution < -0.4 is 5.73 Å². The van der Waals surface area contributed by atoms with E-state index in [4.69, 9.17) is 17.3 Å². The lowest BCUT2D eigenvalue weighted by Gasteiger charge is -2.13. The Balaban J connectivity index is 2.13. The molecular formula is C11H13BrClN. The van der Waals surface area contributed by atoms with Crippen molar-refractivity contribution in [3.05, 3.63) is 33.3 Å². The maximum atomic E-state index is 6.12. The summed E-state index contributed by atoms with van der Waals surface area (Å²) in [7, 11) is 0. The summed E-state index contributed by atoms with van der Waals surface area (Å²) in [4.78, 5) is 0. The SMILES string of the molecule is NC(CC1CC1)c1ccc(Br)cc1Cl. The van der Waals surface area contributed by atoms with Crippen molar-refractivity contribution in [3.63, 3.8) is 0 Å². The summed E-state index contributed by atoms with van der Waals surface area (Å²) >= 11 is 9.50. The van der Waals surface area contributed by atoms with Crippen molar-refractivity contribution in [1.82, 2.24) is 0 Å². The first-order valence-corrected chi connectivity index (χ1v) is 6.04. The average Bonchev–Trinajstić information content (AvgIpc) is 2.87. The van der Waals surface area contributed by atoms with Gasteiger partial charge in [0.25, 0.3) is 0 Å². The minimum absolute atomic E-state index is 0.100. The zero-order chi connectivity index (χ0) is 10.1. The lowest BCUT2D eigenvalue weighted by atomic mass is 10.0. The van der Waals surface area contributed by atoms with Crippen molar-refractivity contribution in [2.24, 2.45) is 11.7 Å². The van der Waals surface area contributed by atoms with Gasteiger partial charge in [-0.2, -0.15) is 0 Å². The second kappa shape index (κ2) is 4.21. The first kappa shape index (κ1) is 10.5. The van der Waals surface area contributed by atoms with E-state index >= 15 is 0 Å². The molecule has 1 aliphatic rings. The normalized spacial score (nSPS) is 18.2. The Morgan fingerprint density at radius 3 is 2.79 bits per heavy atom. The molecule has 0 saturated heterocycles. The average molecular weight is 275 g/mol. The van der Waals surface area contributed by atoms with Gasteiger partial charge in [-0.25, -0.2) is 0 Å². The second-order valence-electron chi connectivity index (χ2n) is 3.95. The summed E-state index contributed by atoms with van der Waals surface area (Å²) in [6, 6.07) is 6.01. The van der Waals surface area contributed by atoms with Crippen LogP contribution in [0, 0.1) is 5.92 Å². The van der Waals surface area contributed by atoms with Gasteiger partial charge in [-0.1, -0.05) is 46.4 Å². The van der Waals surface area contributed by atoms with E-state index in [-0.39, 0.29) is 6.04 Å². The van der Waals surface area contributed by atoms with Crippen molar-refractivity contribution in [1.29, 1.82) is 0 Å². The molecule has 0 spiro atoms. The fourth-order valence-corrected chi connectivity index (χ4v) is 2.46. The molecule has 0 amide bonds. The number of hydrogen-bond acceptors (Lipinski definition) is 1. The Hall–Kier alpha value is -0.0500. The molecule has 0 aliphatic heterocycles. The van der Waals surface area contributed by atoms with Crippen LogP contribution >= 0.6 is 27.5 Å². The highest BCUT2D eigenvalue weighted by atomic mass is 79.9. The molecule has 1 aliphatic carbocycles. The van der Waals surface area contributed by atoms with E-state index in [1.165, 1.54) is 12.8 Å². The van der Waals surface area contributed by atoms with Crippen molar-refractivity contribution >= 4 is 27.5 Å². The second-order valence-corrected chi connectivity index (χ2v) is 5.27. The first-order chi connectivity index (χ1) is 6.66. The minimum atomic E-state index is 0.100. The summed E-state index contributed by atoms with van der Waals surface area (Å²) in [6.07, 6.45) is 3.74. The van der Waals surface area contributed by atoms with Crippen molar-refractivity contribution in [2.75, 3.05) is 0 Å². The Kier molecular flexibility index (Phi) is 3.15. The van der Waals surface area contributed by atoms with Gasteiger partial charge in [0.05, 0.1) is 0 Å². The Labute approximate surface area is 97.8 Å². The third-order valence-electron chi connectivity index (χ3n) is 2.65. The van der Waals surface area contributed by atoms with Crippen molar-refractivity contribution in [3.8, 4) is 0 Å². The molecule has 1 nitrogen and oxygen atoms in total. The van der Waals surface area contributed by atoms with Gasteiger partial charge >= 0.3 is 0 Å². The third-order valence-corrected chi connectivity index (χ3v) is 3.47. The van der Waals surface area contributed by atoms with E-state index in [0.717, 1.165) is 27.4 Å². The standard InChI is InChI=1S/C11H13BrClN/c12-8-3-4-9(10(13)6-8)11(14)5-7-1-2-7/h3-4,6-7,11H,1-2,5,14H2. The Morgan fingerprint density at radius 2 is 2.21 bits per heavy atom. The van der Waals surface area contributed by atoms with Crippen LogP contribution in [-0.2, 0) is 0 Å². The lowest BCUT2D eigenvalue weighted by Crippen LogP contribution is -2.11. The van der Waals surface area contributed by atoms with E-state index < -0.39 is 0 Å². The molecule has 0 heterocycles. The molecule has 0 aromatic heterocycles. The summed E-state index contributed by atoms with van der Waals surface area (Å²) in [5.41, 5.74) is 7.16. The van der Waals surface area contributed by atoms with Crippen LogP contribution in [-0.4, -0.2) is 0 Å². The van der Waals surface area contributed by atoms with Gasteiger partial charge in [-0.15, -0.1) is 0 Å². The van der Waals surface area contributed by atoms with Crippen LogP contribution in [0.5, 0.6) is 0 Å². The summed E-state index contributed by atoms with van der Waals surface area (Å²) in [5.74, 6) is 0.838. The number of rotatable bonds is 3. The molecule has 14 heavy (non-hydrogen) atoms. The van der Waals surface area contributed by atoms with Gasteiger partial charge in [0, 0.05) is 15.5 Å². The van der Waals surface area contributed by atoms with Gasteiger partial charge in [0.15, 0.2) is 0 Å². The number of nitrogens with two attached hydrogens (primary N) is 1. The van der Waals surface area contributed by atoms with Gasteiger partial charge in [0.1, 0.15) is 0 Å². The monoisotopic (exact) mass is 273 g/mol. The van der Waals surface area contributed by atoms with Crippen LogP contribution in [0.4, 0.5) is 0 Å². The minimum Gasteiger partial charge on any atom is -0.324 e. The molecule has 2 N–H and O–H groups in total. The van der Waals surface area contributed by atoms with Crippen LogP contribution in [0.1, 0.15) is 30.9 Å². The predicted octanol–water partition coefficient (Wildman–Crippen LogP) is 3.90. The Morgan fingerprint density at radius 1 is 1.50 bits per heavy atom. The molecule has 1 fully saturated rings. The first-order valence-electron chi connectivity index (χ1n) is 4.87. The summed E-state index contributed by atoms with van der Waals surface area (Å²) in [5, 5.41) is 0.771. The van der Waals surface area contributed by atoms with Gasteiger partial charge in [-0.05, 0) is 30.0 Å². The Bertz CT molecular complexity index is 336. The molecular weight excluding hydrogens is 261 g/mol. The highest BCUT2D eigenvalue weighted by Crippen LogP contribution is 2.38. The predicted molar refractivity (Wildman–Crippen MR) is 63.4 cm³/mol. The molecule has 0 bridgehead atoms. The highest BCUT2D eigenvalue weighted by molar-refractivity contribution is 9.10. The fourth-order valence-electron chi connectivity index (χ4n) is 1.64. The molecule has 76 valence electrons. The smallest absolute Gasteiger partial charge is 0.0464 e. The molecule has 0 radical (unpaired) electrons. The molecule has 1 saturated carbocycles. The van der Waals surface area contributed by atoms with Crippen molar-refractivity contribution < 1.29 is 0 Å². The van der Waals surface area contributed by atoms with E-state index in [1.54, 1.807) is 0 Å². The zero-order valence-corrected chi connectivity index (χ0v) is 10.2. The fraction of sp³-hybridized carbons (Fsp3) is 0.455. The third kappa shape index (κ3) is 2.50. The molecule has 1 atom stereocenters. The van der Waals surface area contributed by atoms with Crippen molar-refractivity contribution in [2.45, 2.75) is 25.3 Å². The number of halogens is 2. The zero-order valence-electron chi connectivity index (χ0n) is 7.84. The van der Waals surface area contributed by atoms with Crippen LogP contribution in [0.15, 0.2) is 22.7 Å². The van der Waals surface area contributed by atoms with E-state index in [1.807, 2.05) is 18.2 Å². The largest absolute Gasteiger partial charge is 0.324 e. The highest BCUT2D eigenvalue weighted by Gasteiger charge is 2.25. The molecule has 1 aromatic rings. The van der Waals surface area contributed by atoms with Crippen LogP contribution in [0.3, 0.4) is 0 Å². The maximum Gasteiger partial charge on any atom is 0.0464 e. The van der Waals surface area contributed by atoms with Crippen LogP contribution in [0.2, 0.25) is 5.02 Å². The molecule has 1 aromatic carbocycles. The van der Waals surface area contributed by atoms with Gasteiger partial charge in [-0.3, -0.25) is 0 Å². The molecule has 1 unspecified atom stereocenters. The van der Waals surface area contributed by atoms with Crippen LogP contribution in [0.25, 0.3) is 0 Å². The van der Waals surface area contributed by atoms with Gasteiger partial charge < -0.3 is 5.73 Å². The number of hydrogen-bond donors (Lipinski definition) is 1. The summed E-state index contributed by atoms with van der Waals surface area (Å²) in [6.45, 7) is 0. The maximum absolute atomic E-state index is 6.12. The quantitative estimate of drug-likeness (QED) is 0.889. The number of benzene rings is 1. The van der Waals surface area contributed by atoms with E-state index in [2.05, 4.69) is 15.9 Å². The lowest BCUT2D eigenvalue weighted by molar-refractivity contribution is 0.597. The molecule has 3 heteroatoms.